The molecule has 1 aromatic carbocycles. The fraction of sp³-hybridized carbons (Fsp3) is 0.368. The fourth-order valence-corrected chi connectivity index (χ4v) is 4.48. The number of likely N-dealkylation sites (tertiary alicyclic amines) is 1. The number of benzene rings is 1. The maximum atomic E-state index is 12.8. The standard InChI is InChI=1S/C19H21N3O3S/c23-15-5-3-14(4-6-15)20-7-9-21(10-8-20)17-12-18(24)22(19(17)25)13-16-2-1-11-26-16/h1-6,11,17,23H,7-10,12-13H2/p+1/t17-/m1/s1. The lowest BCUT2D eigenvalue weighted by molar-refractivity contribution is -0.915. The van der Waals surface area contributed by atoms with Gasteiger partial charge in [0, 0.05) is 10.6 Å². The first-order valence-electron chi connectivity index (χ1n) is 8.87. The number of hydrogen-bond donors (Lipinski definition) is 2. The summed E-state index contributed by atoms with van der Waals surface area (Å²) in [6.45, 7) is 3.74. The molecule has 2 aliphatic rings. The van der Waals surface area contributed by atoms with Crippen LogP contribution in [0.15, 0.2) is 41.8 Å². The van der Waals surface area contributed by atoms with Crippen LogP contribution in [0.1, 0.15) is 11.3 Å². The Bertz CT molecular complexity index is 783. The Balaban J connectivity index is 1.37. The smallest absolute Gasteiger partial charge is 0.288 e. The zero-order chi connectivity index (χ0) is 18.1. The molecular formula is C19H22N3O3S+. The van der Waals surface area contributed by atoms with Crippen molar-refractivity contribution in [2.75, 3.05) is 31.1 Å². The summed E-state index contributed by atoms with van der Waals surface area (Å²) in [4.78, 5) is 31.0. The lowest BCUT2D eigenvalue weighted by Gasteiger charge is -2.35. The molecule has 0 spiro atoms. The molecule has 4 rings (SSSR count). The molecule has 2 saturated heterocycles. The molecule has 2 amide bonds. The van der Waals surface area contributed by atoms with Gasteiger partial charge in [-0.2, -0.15) is 0 Å². The van der Waals surface area contributed by atoms with E-state index in [1.165, 1.54) is 9.80 Å². The number of carbonyl (C=O) groups is 2. The van der Waals surface area contributed by atoms with Gasteiger partial charge < -0.3 is 14.9 Å². The third-order valence-electron chi connectivity index (χ3n) is 5.25. The van der Waals surface area contributed by atoms with Crippen molar-refractivity contribution in [3.05, 3.63) is 46.7 Å². The van der Waals surface area contributed by atoms with Gasteiger partial charge in [-0.1, -0.05) is 6.07 Å². The Kier molecular flexibility index (Phi) is 4.65. The molecule has 3 heterocycles. The van der Waals surface area contributed by atoms with E-state index in [2.05, 4.69) is 4.90 Å². The molecule has 2 aromatic rings. The predicted molar refractivity (Wildman–Crippen MR) is 99.3 cm³/mol. The fourth-order valence-electron chi connectivity index (χ4n) is 3.79. The van der Waals surface area contributed by atoms with Crippen LogP contribution in [0.25, 0.3) is 0 Å². The number of thiophene rings is 1. The Labute approximate surface area is 156 Å². The summed E-state index contributed by atoms with van der Waals surface area (Å²) in [5.74, 6) is 0.178. The Morgan fingerprint density at radius 3 is 2.50 bits per heavy atom. The van der Waals surface area contributed by atoms with Gasteiger partial charge in [0.2, 0.25) is 5.91 Å². The van der Waals surface area contributed by atoms with E-state index in [1.54, 1.807) is 23.5 Å². The molecule has 1 aromatic heterocycles. The van der Waals surface area contributed by atoms with Crippen LogP contribution >= 0.6 is 11.3 Å². The highest BCUT2D eigenvalue weighted by molar-refractivity contribution is 7.09. The summed E-state index contributed by atoms with van der Waals surface area (Å²) in [6, 6.07) is 10.9. The van der Waals surface area contributed by atoms with Gasteiger partial charge >= 0.3 is 0 Å². The maximum Gasteiger partial charge on any atom is 0.288 e. The van der Waals surface area contributed by atoms with Crippen LogP contribution in [0, 0.1) is 0 Å². The molecule has 7 heteroatoms. The number of quaternary nitrogens is 1. The van der Waals surface area contributed by atoms with E-state index in [9.17, 15) is 14.7 Å². The van der Waals surface area contributed by atoms with E-state index in [1.807, 2.05) is 29.6 Å². The van der Waals surface area contributed by atoms with Gasteiger partial charge in [0.05, 0.1) is 39.1 Å². The van der Waals surface area contributed by atoms with Crippen LogP contribution in [0.3, 0.4) is 0 Å². The second kappa shape index (κ2) is 7.09. The number of nitrogens with zero attached hydrogens (tertiary/aromatic N) is 2. The summed E-state index contributed by atoms with van der Waals surface area (Å²) in [7, 11) is 0. The molecule has 2 fully saturated rings. The number of carbonyl (C=O) groups excluding carboxylic acids is 2. The van der Waals surface area contributed by atoms with Crippen molar-refractivity contribution in [2.45, 2.75) is 19.0 Å². The minimum Gasteiger partial charge on any atom is -0.508 e. The summed E-state index contributed by atoms with van der Waals surface area (Å²) in [5.41, 5.74) is 1.08. The highest BCUT2D eigenvalue weighted by Gasteiger charge is 2.45. The number of rotatable bonds is 4. The van der Waals surface area contributed by atoms with Gasteiger partial charge in [-0.15, -0.1) is 11.3 Å². The van der Waals surface area contributed by atoms with Crippen molar-refractivity contribution in [3.8, 4) is 5.75 Å². The second-order valence-electron chi connectivity index (χ2n) is 6.82. The van der Waals surface area contributed by atoms with E-state index in [0.29, 0.717) is 13.0 Å². The molecular weight excluding hydrogens is 350 g/mol. The van der Waals surface area contributed by atoms with E-state index >= 15 is 0 Å². The van der Waals surface area contributed by atoms with Crippen molar-refractivity contribution >= 4 is 28.8 Å². The van der Waals surface area contributed by atoms with E-state index < -0.39 is 0 Å². The number of anilines is 1. The number of piperazine rings is 1. The molecule has 6 nitrogen and oxygen atoms in total. The third-order valence-corrected chi connectivity index (χ3v) is 6.11. The van der Waals surface area contributed by atoms with Gasteiger partial charge in [0.1, 0.15) is 5.75 Å². The summed E-state index contributed by atoms with van der Waals surface area (Å²) in [6.07, 6.45) is 0.318. The lowest BCUT2D eigenvalue weighted by atomic mass is 10.1. The SMILES string of the molecule is O=C1C[C@@H]([NH+]2CCN(c3ccc(O)cc3)CC2)C(=O)N1Cc1cccs1. The topological polar surface area (TPSA) is 65.3 Å². The van der Waals surface area contributed by atoms with Gasteiger partial charge in [-0.3, -0.25) is 14.5 Å². The van der Waals surface area contributed by atoms with Crippen molar-refractivity contribution in [1.29, 1.82) is 0 Å². The zero-order valence-electron chi connectivity index (χ0n) is 14.4. The highest BCUT2D eigenvalue weighted by Crippen LogP contribution is 2.20. The number of hydrogen-bond acceptors (Lipinski definition) is 5. The van der Waals surface area contributed by atoms with Gasteiger partial charge in [0.25, 0.3) is 5.91 Å². The van der Waals surface area contributed by atoms with E-state index in [-0.39, 0.29) is 23.6 Å². The first-order valence-corrected chi connectivity index (χ1v) is 9.75. The molecule has 136 valence electrons. The van der Waals surface area contributed by atoms with Gasteiger partial charge in [0.15, 0.2) is 6.04 Å². The number of phenolic OH excluding ortho intramolecular Hbond substituents is 1. The van der Waals surface area contributed by atoms with Crippen molar-refractivity contribution in [2.24, 2.45) is 0 Å². The summed E-state index contributed by atoms with van der Waals surface area (Å²) >= 11 is 1.57. The molecule has 26 heavy (non-hydrogen) atoms. The average Bonchev–Trinajstić information content (AvgIpc) is 3.26. The lowest BCUT2D eigenvalue weighted by Crippen LogP contribution is -3.19. The molecule has 2 aliphatic heterocycles. The summed E-state index contributed by atoms with van der Waals surface area (Å²) in [5, 5.41) is 11.4. The van der Waals surface area contributed by atoms with Gasteiger partial charge in [-0.05, 0) is 35.7 Å². The van der Waals surface area contributed by atoms with Crippen LogP contribution in [0.4, 0.5) is 5.69 Å². The number of phenols is 1. The quantitative estimate of drug-likeness (QED) is 0.767. The predicted octanol–water partition coefficient (Wildman–Crippen LogP) is 0.486. The molecule has 0 radical (unpaired) electrons. The van der Waals surface area contributed by atoms with Gasteiger partial charge in [-0.25, -0.2) is 0 Å². The zero-order valence-corrected chi connectivity index (χ0v) is 15.2. The number of nitrogens with one attached hydrogen (secondary N) is 1. The molecule has 0 aliphatic carbocycles. The minimum absolute atomic E-state index is 0.0310. The number of imide groups is 1. The monoisotopic (exact) mass is 372 g/mol. The Hall–Kier alpha value is -2.38. The first kappa shape index (κ1) is 17.1. The highest BCUT2D eigenvalue weighted by atomic mass is 32.1. The van der Waals surface area contributed by atoms with Crippen LogP contribution in [0.5, 0.6) is 5.75 Å². The molecule has 0 unspecified atom stereocenters. The Morgan fingerprint density at radius 2 is 1.85 bits per heavy atom. The molecule has 2 N–H and O–H groups in total. The number of amides is 2. The van der Waals surface area contributed by atoms with Crippen LogP contribution in [0.2, 0.25) is 0 Å². The summed E-state index contributed by atoms with van der Waals surface area (Å²) < 4.78 is 0. The minimum atomic E-state index is -0.246. The first-order chi connectivity index (χ1) is 12.6. The van der Waals surface area contributed by atoms with Crippen molar-refractivity contribution < 1.29 is 19.6 Å². The molecule has 0 saturated carbocycles. The molecule has 0 bridgehead atoms. The van der Waals surface area contributed by atoms with Crippen LogP contribution in [-0.4, -0.2) is 54.0 Å². The number of aromatic hydroxyl groups is 1. The third kappa shape index (κ3) is 3.32. The largest absolute Gasteiger partial charge is 0.508 e. The van der Waals surface area contributed by atoms with Crippen molar-refractivity contribution in [3.63, 3.8) is 0 Å². The Morgan fingerprint density at radius 1 is 1.12 bits per heavy atom. The molecule has 1 atom stereocenters. The van der Waals surface area contributed by atoms with Crippen molar-refractivity contribution in [1.82, 2.24) is 4.90 Å². The maximum absolute atomic E-state index is 12.8. The average molecular weight is 372 g/mol. The van der Waals surface area contributed by atoms with Crippen LogP contribution < -0.4 is 9.80 Å². The van der Waals surface area contributed by atoms with Crippen LogP contribution in [-0.2, 0) is 16.1 Å². The second-order valence-corrected chi connectivity index (χ2v) is 7.85. The van der Waals surface area contributed by atoms with E-state index in [0.717, 1.165) is 36.7 Å². The normalized spacial score (nSPS) is 21.6. The van der Waals surface area contributed by atoms with E-state index in [4.69, 9.17) is 0 Å².